The lowest BCUT2D eigenvalue weighted by atomic mass is 10.1. The Labute approximate surface area is 77.7 Å². The maximum atomic E-state index is 10.2. The maximum absolute atomic E-state index is 10.2. The predicted octanol–water partition coefficient (Wildman–Crippen LogP) is 1.88. The first-order chi connectivity index (χ1) is 6.20. The number of amides is 1. The number of rotatable bonds is 3. The Morgan fingerprint density at radius 3 is 2.54 bits per heavy atom. The van der Waals surface area contributed by atoms with E-state index in [4.69, 9.17) is 4.74 Å². The van der Waals surface area contributed by atoms with Crippen molar-refractivity contribution >= 4 is 12.1 Å². The van der Waals surface area contributed by atoms with Gasteiger partial charge in [-0.1, -0.05) is 0 Å². The highest BCUT2D eigenvalue weighted by Gasteiger charge is 2.05. The van der Waals surface area contributed by atoms with Crippen molar-refractivity contribution in [3.8, 4) is 5.75 Å². The highest BCUT2D eigenvalue weighted by Crippen LogP contribution is 2.26. The van der Waals surface area contributed by atoms with Crippen LogP contribution in [0.1, 0.15) is 11.1 Å². The van der Waals surface area contributed by atoms with Gasteiger partial charge in [-0.05, 0) is 37.1 Å². The van der Waals surface area contributed by atoms with Crippen molar-refractivity contribution in [2.45, 2.75) is 13.8 Å². The predicted molar refractivity (Wildman–Crippen MR) is 52.2 cm³/mol. The van der Waals surface area contributed by atoms with Gasteiger partial charge >= 0.3 is 0 Å². The minimum Gasteiger partial charge on any atom is -0.496 e. The van der Waals surface area contributed by atoms with Crippen molar-refractivity contribution in [2.24, 2.45) is 0 Å². The first kappa shape index (κ1) is 9.58. The molecule has 0 fully saturated rings. The largest absolute Gasteiger partial charge is 0.496 e. The number of nitrogens with one attached hydrogen (secondary N) is 1. The number of carbonyl (C=O) groups excluding carboxylic acids is 1. The van der Waals surface area contributed by atoms with Gasteiger partial charge in [-0.3, -0.25) is 4.79 Å². The first-order valence-corrected chi connectivity index (χ1v) is 4.05. The molecule has 0 aliphatic heterocycles. The number of hydrogen-bond acceptors (Lipinski definition) is 2. The molecular formula is C10H13NO2. The molecule has 0 aliphatic carbocycles. The average molecular weight is 179 g/mol. The van der Waals surface area contributed by atoms with Gasteiger partial charge in [0.05, 0.1) is 7.11 Å². The Morgan fingerprint density at radius 1 is 1.31 bits per heavy atom. The van der Waals surface area contributed by atoms with Crippen molar-refractivity contribution in [1.82, 2.24) is 0 Å². The third-order valence-electron chi connectivity index (χ3n) is 2.17. The highest BCUT2D eigenvalue weighted by atomic mass is 16.5. The summed E-state index contributed by atoms with van der Waals surface area (Å²) in [5.41, 5.74) is 2.91. The van der Waals surface area contributed by atoms with Crippen molar-refractivity contribution in [3.05, 3.63) is 23.3 Å². The number of methoxy groups -OCH3 is 1. The number of ether oxygens (including phenoxy) is 1. The van der Waals surface area contributed by atoms with Crippen LogP contribution in [-0.2, 0) is 4.79 Å². The van der Waals surface area contributed by atoms with Crippen LogP contribution in [-0.4, -0.2) is 13.5 Å². The van der Waals surface area contributed by atoms with E-state index >= 15 is 0 Å². The SMILES string of the molecule is COc1ccc(NC=O)c(C)c1C. The summed E-state index contributed by atoms with van der Waals surface area (Å²) in [6, 6.07) is 3.67. The summed E-state index contributed by atoms with van der Waals surface area (Å²) in [6.07, 6.45) is 0.675. The second-order valence-corrected chi connectivity index (χ2v) is 2.83. The van der Waals surface area contributed by atoms with Gasteiger partial charge in [-0.2, -0.15) is 0 Å². The lowest BCUT2D eigenvalue weighted by Crippen LogP contribution is -1.99. The van der Waals surface area contributed by atoms with Gasteiger partial charge in [0.15, 0.2) is 0 Å². The van der Waals surface area contributed by atoms with Crippen LogP contribution >= 0.6 is 0 Å². The molecule has 1 aromatic rings. The monoisotopic (exact) mass is 179 g/mol. The standard InChI is InChI=1S/C10H13NO2/c1-7-8(2)10(13-3)5-4-9(7)11-6-12/h4-6H,1-3H3,(H,11,12). The summed E-state index contributed by atoms with van der Waals surface area (Å²) >= 11 is 0. The molecule has 0 saturated heterocycles. The third-order valence-corrected chi connectivity index (χ3v) is 2.17. The Bertz CT molecular complexity index is 321. The average Bonchev–Trinajstić information content (AvgIpc) is 2.14. The third kappa shape index (κ3) is 1.80. The molecule has 1 rings (SSSR count). The zero-order chi connectivity index (χ0) is 9.84. The molecule has 70 valence electrons. The number of hydrogen-bond donors (Lipinski definition) is 1. The zero-order valence-electron chi connectivity index (χ0n) is 8.05. The van der Waals surface area contributed by atoms with Crippen LogP contribution in [0.25, 0.3) is 0 Å². The maximum Gasteiger partial charge on any atom is 0.211 e. The van der Waals surface area contributed by atoms with E-state index < -0.39 is 0 Å². The van der Waals surface area contributed by atoms with Crippen LogP contribution in [0.15, 0.2) is 12.1 Å². The van der Waals surface area contributed by atoms with Crippen LogP contribution < -0.4 is 10.1 Å². The molecule has 3 nitrogen and oxygen atoms in total. The van der Waals surface area contributed by atoms with E-state index in [2.05, 4.69) is 5.32 Å². The minimum absolute atomic E-state index is 0.675. The van der Waals surface area contributed by atoms with Crippen molar-refractivity contribution in [2.75, 3.05) is 12.4 Å². The van der Waals surface area contributed by atoms with Gasteiger partial charge in [0.25, 0.3) is 0 Å². The summed E-state index contributed by atoms with van der Waals surface area (Å²) in [7, 11) is 1.63. The van der Waals surface area contributed by atoms with E-state index in [-0.39, 0.29) is 0 Å². The molecular weight excluding hydrogens is 166 g/mol. The fourth-order valence-electron chi connectivity index (χ4n) is 1.24. The topological polar surface area (TPSA) is 38.3 Å². The zero-order valence-corrected chi connectivity index (χ0v) is 8.05. The molecule has 0 saturated carbocycles. The first-order valence-electron chi connectivity index (χ1n) is 4.05. The molecule has 1 amide bonds. The van der Waals surface area contributed by atoms with Crippen LogP contribution in [0, 0.1) is 13.8 Å². The van der Waals surface area contributed by atoms with E-state index in [1.807, 2.05) is 26.0 Å². The summed E-state index contributed by atoms with van der Waals surface area (Å²) in [5, 5.41) is 2.63. The molecule has 0 unspecified atom stereocenters. The van der Waals surface area contributed by atoms with E-state index in [1.54, 1.807) is 7.11 Å². The second kappa shape index (κ2) is 3.94. The van der Waals surface area contributed by atoms with Gasteiger partial charge in [-0.15, -0.1) is 0 Å². The van der Waals surface area contributed by atoms with E-state index in [0.717, 1.165) is 22.6 Å². The number of carbonyl (C=O) groups is 1. The normalized spacial score (nSPS) is 9.46. The molecule has 0 radical (unpaired) electrons. The van der Waals surface area contributed by atoms with Crippen LogP contribution in [0.5, 0.6) is 5.75 Å². The van der Waals surface area contributed by atoms with Gasteiger partial charge < -0.3 is 10.1 Å². The van der Waals surface area contributed by atoms with Gasteiger partial charge in [-0.25, -0.2) is 0 Å². The molecule has 1 aromatic carbocycles. The molecule has 0 spiro atoms. The summed E-state index contributed by atoms with van der Waals surface area (Å²) in [4.78, 5) is 10.2. The molecule has 0 aliphatic rings. The van der Waals surface area contributed by atoms with Gasteiger partial charge in [0, 0.05) is 5.69 Å². The highest BCUT2D eigenvalue weighted by molar-refractivity contribution is 5.74. The molecule has 3 heteroatoms. The molecule has 13 heavy (non-hydrogen) atoms. The fourth-order valence-corrected chi connectivity index (χ4v) is 1.24. The fraction of sp³-hybridized carbons (Fsp3) is 0.300. The summed E-state index contributed by atoms with van der Waals surface area (Å²) in [5.74, 6) is 0.842. The number of anilines is 1. The van der Waals surface area contributed by atoms with Crippen molar-refractivity contribution in [3.63, 3.8) is 0 Å². The van der Waals surface area contributed by atoms with Crippen LogP contribution in [0.3, 0.4) is 0 Å². The minimum atomic E-state index is 0.675. The Morgan fingerprint density at radius 2 is 2.00 bits per heavy atom. The lowest BCUT2D eigenvalue weighted by Gasteiger charge is -2.11. The van der Waals surface area contributed by atoms with Gasteiger partial charge in [0.1, 0.15) is 5.75 Å². The van der Waals surface area contributed by atoms with Gasteiger partial charge in [0.2, 0.25) is 6.41 Å². The quantitative estimate of drug-likeness (QED) is 0.719. The molecule has 0 bridgehead atoms. The Kier molecular flexibility index (Phi) is 2.90. The van der Waals surface area contributed by atoms with Crippen LogP contribution in [0.2, 0.25) is 0 Å². The molecule has 0 heterocycles. The van der Waals surface area contributed by atoms with E-state index in [9.17, 15) is 4.79 Å². The molecule has 1 N–H and O–H groups in total. The Balaban J connectivity index is 3.14. The number of benzene rings is 1. The summed E-state index contributed by atoms with van der Waals surface area (Å²) in [6.45, 7) is 3.91. The smallest absolute Gasteiger partial charge is 0.211 e. The van der Waals surface area contributed by atoms with E-state index in [1.165, 1.54) is 0 Å². The van der Waals surface area contributed by atoms with Crippen LogP contribution in [0.4, 0.5) is 5.69 Å². The second-order valence-electron chi connectivity index (χ2n) is 2.83. The van der Waals surface area contributed by atoms with E-state index in [0.29, 0.717) is 6.41 Å². The Hall–Kier alpha value is -1.51. The van der Waals surface area contributed by atoms with Crippen molar-refractivity contribution in [1.29, 1.82) is 0 Å². The summed E-state index contributed by atoms with van der Waals surface area (Å²) < 4.78 is 5.14. The molecule has 0 aromatic heterocycles. The lowest BCUT2D eigenvalue weighted by molar-refractivity contribution is -0.105. The van der Waals surface area contributed by atoms with Crippen molar-refractivity contribution < 1.29 is 9.53 Å². The molecule has 0 atom stereocenters.